The van der Waals surface area contributed by atoms with Crippen LogP contribution in [0.1, 0.15) is 38.5 Å². The second-order valence-electron chi connectivity index (χ2n) is 6.42. The molecule has 0 radical (unpaired) electrons. The van der Waals surface area contributed by atoms with Crippen LogP contribution < -0.4 is 5.73 Å². The molecule has 3 fully saturated rings. The van der Waals surface area contributed by atoms with E-state index in [2.05, 4.69) is 4.90 Å². The molecule has 3 rings (SSSR count). The number of fused-ring (bicyclic) bond motifs is 2. The highest BCUT2D eigenvalue weighted by Gasteiger charge is 2.42. The number of carbonyl (C=O) groups excluding carboxylic acids is 1. The van der Waals surface area contributed by atoms with Gasteiger partial charge in [-0.15, -0.1) is 0 Å². The predicted molar refractivity (Wildman–Crippen MR) is 68.7 cm³/mol. The Morgan fingerprint density at radius 2 is 1.56 bits per heavy atom. The van der Waals surface area contributed by atoms with Gasteiger partial charge in [0.25, 0.3) is 0 Å². The van der Waals surface area contributed by atoms with E-state index in [1.54, 1.807) is 0 Å². The molecular formula is C14H24N2O2. The van der Waals surface area contributed by atoms with Gasteiger partial charge in [-0.3, -0.25) is 4.79 Å². The molecule has 0 spiro atoms. The van der Waals surface area contributed by atoms with Gasteiger partial charge in [-0.05, 0) is 50.4 Å². The molecular weight excluding hydrogens is 228 g/mol. The Morgan fingerprint density at radius 3 is 2.11 bits per heavy atom. The fourth-order valence-corrected chi connectivity index (χ4v) is 4.03. The molecule has 0 aromatic carbocycles. The van der Waals surface area contributed by atoms with Gasteiger partial charge in [0, 0.05) is 25.0 Å². The van der Waals surface area contributed by atoms with Crippen molar-refractivity contribution < 1.29 is 9.90 Å². The third-order valence-corrected chi connectivity index (χ3v) is 5.26. The zero-order chi connectivity index (χ0) is 12.7. The minimum atomic E-state index is -0.181. The predicted octanol–water partition coefficient (Wildman–Crippen LogP) is 0.733. The van der Waals surface area contributed by atoms with Crippen LogP contribution >= 0.6 is 0 Å². The lowest BCUT2D eigenvalue weighted by Crippen LogP contribution is -2.52. The number of hydrogen-bond donors (Lipinski definition) is 2. The maximum Gasteiger partial charge on any atom is 0.225 e. The van der Waals surface area contributed by atoms with Gasteiger partial charge in [0.05, 0.1) is 6.10 Å². The Bertz CT molecular complexity index is 312. The van der Waals surface area contributed by atoms with Gasteiger partial charge in [-0.25, -0.2) is 0 Å². The van der Waals surface area contributed by atoms with Gasteiger partial charge in [0.2, 0.25) is 5.91 Å². The summed E-state index contributed by atoms with van der Waals surface area (Å²) in [4.78, 5) is 14.6. The van der Waals surface area contributed by atoms with Gasteiger partial charge in [0.1, 0.15) is 0 Å². The topological polar surface area (TPSA) is 66.6 Å². The normalized spacial score (nSPS) is 44.1. The number of nitrogens with two attached hydrogens (primary N) is 1. The number of aliphatic hydroxyl groups excluding tert-OH is 1. The molecule has 3 N–H and O–H groups in total. The van der Waals surface area contributed by atoms with Crippen molar-refractivity contribution >= 4 is 5.91 Å². The minimum Gasteiger partial charge on any atom is -0.393 e. The monoisotopic (exact) mass is 252 g/mol. The summed E-state index contributed by atoms with van der Waals surface area (Å²) in [5, 5.41) is 9.51. The fraction of sp³-hybridized carbons (Fsp3) is 0.929. The standard InChI is InChI=1S/C14H24N2O2/c15-13-10-1-2-11(13)8-16(7-10)14(18)9-3-5-12(17)6-4-9/h9-13,17H,1-8,15H2/t9?,10-,11+,12?,13?. The van der Waals surface area contributed by atoms with Crippen LogP contribution in [-0.4, -0.2) is 41.1 Å². The summed E-state index contributed by atoms with van der Waals surface area (Å²) in [6.07, 6.45) is 5.50. The van der Waals surface area contributed by atoms with Crippen LogP contribution in [0.5, 0.6) is 0 Å². The molecule has 1 aliphatic heterocycles. The fourth-order valence-electron chi connectivity index (χ4n) is 4.03. The number of carbonyl (C=O) groups is 1. The number of nitrogens with zero attached hydrogens (tertiary/aromatic N) is 1. The quantitative estimate of drug-likeness (QED) is 0.723. The Labute approximate surface area is 109 Å². The first-order valence-corrected chi connectivity index (χ1v) is 7.37. The Hall–Kier alpha value is -0.610. The SMILES string of the molecule is NC1[C@@H]2CC[C@H]1CN(C(=O)C1CCC(O)CC1)C2. The minimum absolute atomic E-state index is 0.155. The molecule has 0 aromatic rings. The lowest BCUT2D eigenvalue weighted by atomic mass is 9.85. The number of hydrogen-bond acceptors (Lipinski definition) is 3. The first-order valence-electron chi connectivity index (χ1n) is 7.37. The zero-order valence-corrected chi connectivity index (χ0v) is 10.9. The van der Waals surface area contributed by atoms with Crippen LogP contribution in [0.4, 0.5) is 0 Å². The molecule has 3 atom stereocenters. The van der Waals surface area contributed by atoms with Crippen LogP contribution in [0.25, 0.3) is 0 Å². The van der Waals surface area contributed by atoms with Gasteiger partial charge < -0.3 is 15.7 Å². The van der Waals surface area contributed by atoms with Crippen LogP contribution in [-0.2, 0) is 4.79 Å². The van der Waals surface area contributed by atoms with E-state index in [1.807, 2.05) is 0 Å². The Morgan fingerprint density at radius 1 is 1.00 bits per heavy atom. The zero-order valence-electron chi connectivity index (χ0n) is 10.9. The van der Waals surface area contributed by atoms with Crippen molar-refractivity contribution in [2.75, 3.05) is 13.1 Å². The summed E-state index contributed by atoms with van der Waals surface area (Å²) >= 11 is 0. The lowest BCUT2D eigenvalue weighted by molar-refractivity contribution is -0.139. The number of likely N-dealkylation sites (tertiary alicyclic amines) is 1. The Balaban J connectivity index is 1.60. The third kappa shape index (κ3) is 2.16. The highest BCUT2D eigenvalue weighted by atomic mass is 16.3. The number of piperidine rings is 1. The van der Waals surface area contributed by atoms with E-state index in [9.17, 15) is 9.90 Å². The van der Waals surface area contributed by atoms with Crippen molar-refractivity contribution in [3.8, 4) is 0 Å². The van der Waals surface area contributed by atoms with Gasteiger partial charge in [-0.2, -0.15) is 0 Å². The summed E-state index contributed by atoms with van der Waals surface area (Å²) in [6, 6.07) is 0.322. The summed E-state index contributed by atoms with van der Waals surface area (Å²) in [7, 11) is 0. The average Bonchev–Trinajstić information content (AvgIpc) is 2.62. The van der Waals surface area contributed by atoms with Crippen LogP contribution in [0, 0.1) is 17.8 Å². The average molecular weight is 252 g/mol. The summed E-state index contributed by atoms with van der Waals surface area (Å²) in [5.74, 6) is 1.54. The Kier molecular flexibility index (Phi) is 3.32. The number of aliphatic hydroxyl groups is 1. The molecule has 1 saturated heterocycles. The molecule has 1 amide bonds. The van der Waals surface area contributed by atoms with Gasteiger partial charge in [-0.1, -0.05) is 0 Å². The van der Waals surface area contributed by atoms with Crippen LogP contribution in [0.15, 0.2) is 0 Å². The lowest BCUT2D eigenvalue weighted by Gasteiger charge is -2.38. The van der Waals surface area contributed by atoms with E-state index < -0.39 is 0 Å². The van der Waals surface area contributed by atoms with Crippen molar-refractivity contribution in [3.05, 3.63) is 0 Å². The molecule has 1 unspecified atom stereocenters. The van der Waals surface area contributed by atoms with E-state index in [-0.39, 0.29) is 12.0 Å². The number of amides is 1. The highest BCUT2D eigenvalue weighted by molar-refractivity contribution is 5.79. The summed E-state index contributed by atoms with van der Waals surface area (Å²) in [5.41, 5.74) is 6.17. The molecule has 3 aliphatic rings. The summed E-state index contributed by atoms with van der Waals surface area (Å²) in [6.45, 7) is 1.74. The smallest absolute Gasteiger partial charge is 0.225 e. The molecule has 2 bridgehead atoms. The second-order valence-corrected chi connectivity index (χ2v) is 6.42. The van der Waals surface area contributed by atoms with E-state index in [1.165, 1.54) is 12.8 Å². The largest absolute Gasteiger partial charge is 0.393 e. The maximum absolute atomic E-state index is 12.5. The second kappa shape index (κ2) is 4.82. The van der Waals surface area contributed by atoms with Crippen molar-refractivity contribution in [2.45, 2.75) is 50.7 Å². The van der Waals surface area contributed by atoms with Crippen molar-refractivity contribution in [2.24, 2.45) is 23.5 Å². The molecule has 1 heterocycles. The van der Waals surface area contributed by atoms with Gasteiger partial charge >= 0.3 is 0 Å². The van der Waals surface area contributed by atoms with E-state index in [0.29, 0.717) is 23.8 Å². The molecule has 18 heavy (non-hydrogen) atoms. The molecule has 2 aliphatic carbocycles. The van der Waals surface area contributed by atoms with Crippen molar-refractivity contribution in [3.63, 3.8) is 0 Å². The maximum atomic E-state index is 12.5. The number of rotatable bonds is 1. The highest BCUT2D eigenvalue weighted by Crippen LogP contribution is 2.37. The van der Waals surface area contributed by atoms with Crippen LogP contribution in [0.3, 0.4) is 0 Å². The first-order chi connectivity index (χ1) is 8.65. The first kappa shape index (κ1) is 12.4. The van der Waals surface area contributed by atoms with E-state index in [4.69, 9.17) is 5.73 Å². The third-order valence-electron chi connectivity index (χ3n) is 5.26. The van der Waals surface area contributed by atoms with Gasteiger partial charge in [0.15, 0.2) is 0 Å². The van der Waals surface area contributed by atoms with E-state index >= 15 is 0 Å². The molecule has 102 valence electrons. The van der Waals surface area contributed by atoms with Crippen molar-refractivity contribution in [1.82, 2.24) is 4.90 Å². The van der Waals surface area contributed by atoms with E-state index in [0.717, 1.165) is 38.8 Å². The summed E-state index contributed by atoms with van der Waals surface area (Å²) < 4.78 is 0. The molecule has 2 saturated carbocycles. The molecule has 4 nitrogen and oxygen atoms in total. The van der Waals surface area contributed by atoms with Crippen molar-refractivity contribution in [1.29, 1.82) is 0 Å². The molecule has 4 heteroatoms. The van der Waals surface area contributed by atoms with Crippen LogP contribution in [0.2, 0.25) is 0 Å². The molecule has 0 aromatic heterocycles.